The number of sulfonamides is 1. The molecule has 300 valence electrons. The number of methoxy groups -OCH3 is 1. The van der Waals surface area contributed by atoms with Crippen LogP contribution in [0.15, 0.2) is 36.4 Å². The number of benzene rings is 1. The van der Waals surface area contributed by atoms with Gasteiger partial charge in [-0.1, -0.05) is 65.3 Å². The topological polar surface area (TPSA) is 162 Å². The lowest BCUT2D eigenvalue weighted by Crippen LogP contribution is -2.48. The average molecular weight is 779 g/mol. The Bertz CT molecular complexity index is 1950. The van der Waals surface area contributed by atoms with Crippen LogP contribution in [0.4, 0.5) is 0 Å². The number of carbonyl (C=O) groups excluding carboxylic acids is 4. The molecule has 0 radical (unpaired) electrons. The van der Waals surface area contributed by atoms with Crippen LogP contribution in [-0.2, 0) is 29.2 Å². The number of fused-ring (bicyclic) bond motifs is 3. The highest BCUT2D eigenvalue weighted by Crippen LogP contribution is 2.58. The zero-order chi connectivity index (χ0) is 39.9. The molecule has 2 aliphatic heterocycles. The smallest absolute Gasteiger partial charge is 0.242 e. The Hall–Kier alpha value is -3.87. The summed E-state index contributed by atoms with van der Waals surface area (Å²) in [5.74, 6) is -1.48. The van der Waals surface area contributed by atoms with Crippen molar-refractivity contribution in [1.29, 1.82) is 0 Å². The lowest BCUT2D eigenvalue weighted by atomic mass is 9.77. The lowest BCUT2D eigenvalue weighted by molar-refractivity contribution is -0.145. The maximum atomic E-state index is 15.0. The molecule has 2 amide bonds. The molecule has 12 nitrogen and oxygen atoms in total. The Morgan fingerprint density at radius 3 is 2.36 bits per heavy atom. The highest BCUT2D eigenvalue weighted by atomic mass is 32.2. The number of hydrogen-bond donors (Lipinski definition) is 1. The van der Waals surface area contributed by atoms with E-state index < -0.39 is 44.2 Å². The van der Waals surface area contributed by atoms with Crippen LogP contribution in [0, 0.1) is 34.5 Å². The first-order valence-electron chi connectivity index (χ1n) is 19.9. The molecule has 3 fully saturated rings. The van der Waals surface area contributed by atoms with Gasteiger partial charge in [0, 0.05) is 31.6 Å². The summed E-state index contributed by atoms with van der Waals surface area (Å²) in [4.78, 5) is 59.0. The highest BCUT2D eigenvalue weighted by Gasteiger charge is 2.62. The molecule has 7 atom stereocenters. The van der Waals surface area contributed by atoms with Gasteiger partial charge in [-0.15, -0.1) is 10.2 Å². The first kappa shape index (κ1) is 40.8. The van der Waals surface area contributed by atoms with Gasteiger partial charge < -0.3 is 14.4 Å². The molecule has 3 heterocycles. The Morgan fingerprint density at radius 2 is 1.73 bits per heavy atom. The summed E-state index contributed by atoms with van der Waals surface area (Å²) in [6.07, 6.45) is 7.96. The van der Waals surface area contributed by atoms with Crippen LogP contribution in [0.2, 0.25) is 0 Å². The summed E-state index contributed by atoms with van der Waals surface area (Å²) in [5.41, 5.74) is -1.51. The number of nitrogens with zero attached hydrogens (tertiary/aromatic N) is 3. The number of ketones is 2. The largest absolute Gasteiger partial charge is 0.479 e. The Kier molecular flexibility index (Phi) is 11.6. The van der Waals surface area contributed by atoms with Gasteiger partial charge in [0.2, 0.25) is 33.6 Å². The number of ether oxygens (including phenoxy) is 2. The third kappa shape index (κ3) is 8.76. The number of rotatable bonds is 10. The van der Waals surface area contributed by atoms with Gasteiger partial charge in [-0.2, -0.15) is 0 Å². The normalized spacial score (nSPS) is 30.3. The van der Waals surface area contributed by atoms with E-state index >= 15 is 4.79 Å². The standard InChI is InChI=1S/C42H58N4O8S/c1-8-27-19-26(2)13-9-10-14-28-22-42(28,39(50)45-55(51,52)41(6)17-18-41)24-35(48)34-21-30(25-46(34)38(49)33(27)20-29(47)23-40(3,4)5)54-37-32-16-12-11-15-31(32)36(53-7)43-44-37/h10-12,14-16,26-28,30,33-34H,8-9,13,17-25H2,1-7H3,(H,45,50)/b14-10-/t26-,27-,28-,30-,33+,34+,42-/m1/s1. The van der Waals surface area contributed by atoms with Crippen LogP contribution in [-0.4, -0.2) is 77.4 Å². The van der Waals surface area contributed by atoms with E-state index in [2.05, 4.69) is 28.8 Å². The molecule has 13 heteroatoms. The Balaban J connectivity index is 1.37. The molecule has 6 rings (SSSR count). The van der Waals surface area contributed by atoms with Gasteiger partial charge in [-0.3, -0.25) is 23.9 Å². The molecule has 1 saturated heterocycles. The third-order valence-corrected chi connectivity index (χ3v) is 14.6. The number of carbonyl (C=O) groups is 4. The second kappa shape index (κ2) is 15.6. The van der Waals surface area contributed by atoms with Crippen molar-refractivity contribution in [2.45, 2.75) is 129 Å². The molecule has 1 N–H and O–H groups in total. The van der Waals surface area contributed by atoms with Gasteiger partial charge in [0.1, 0.15) is 11.9 Å². The number of aromatic nitrogens is 2. The van der Waals surface area contributed by atoms with Gasteiger partial charge in [0.15, 0.2) is 5.78 Å². The molecular formula is C42H58N4O8S. The van der Waals surface area contributed by atoms with E-state index in [4.69, 9.17) is 9.47 Å². The van der Waals surface area contributed by atoms with Gasteiger partial charge in [-0.25, -0.2) is 8.42 Å². The molecule has 0 spiro atoms. The number of nitrogens with one attached hydrogen (secondary N) is 1. The van der Waals surface area contributed by atoms with E-state index in [1.54, 1.807) is 11.8 Å². The van der Waals surface area contributed by atoms with E-state index in [0.29, 0.717) is 48.8 Å². The molecule has 2 aliphatic carbocycles. The monoisotopic (exact) mass is 778 g/mol. The molecule has 1 aromatic heterocycles. The number of hydrogen-bond acceptors (Lipinski definition) is 10. The third-order valence-electron chi connectivity index (χ3n) is 12.4. The molecule has 2 aromatic rings. The Morgan fingerprint density at radius 1 is 1.05 bits per heavy atom. The Labute approximate surface area is 325 Å². The van der Waals surface area contributed by atoms with E-state index in [9.17, 15) is 22.8 Å². The predicted octanol–water partition coefficient (Wildman–Crippen LogP) is 6.36. The SMILES string of the molecule is CC[C@@H]1C[C@H](C)CC/C=C\[C@@H]2C[C@@]2(C(=O)NS(=O)(=O)C2(C)CC2)CC(=O)[C@@H]2C[C@@H](Oc3nnc(OC)c4ccccc34)CN2C(=O)[C@H]1CC(=O)CC(C)(C)C. The van der Waals surface area contributed by atoms with Crippen LogP contribution >= 0.6 is 0 Å². The number of allylic oxidation sites excluding steroid dienone is 2. The molecule has 55 heavy (non-hydrogen) atoms. The van der Waals surface area contributed by atoms with Crippen molar-refractivity contribution in [3.05, 3.63) is 36.4 Å². The maximum Gasteiger partial charge on any atom is 0.242 e. The summed E-state index contributed by atoms with van der Waals surface area (Å²) in [6.45, 7) is 11.9. The van der Waals surface area contributed by atoms with Crippen molar-refractivity contribution in [3.8, 4) is 11.8 Å². The van der Waals surface area contributed by atoms with Crippen molar-refractivity contribution < 1.29 is 37.1 Å². The maximum absolute atomic E-state index is 15.0. The summed E-state index contributed by atoms with van der Waals surface area (Å²) >= 11 is 0. The van der Waals surface area contributed by atoms with Crippen molar-refractivity contribution >= 4 is 44.2 Å². The van der Waals surface area contributed by atoms with Crippen molar-refractivity contribution in [3.63, 3.8) is 0 Å². The van der Waals surface area contributed by atoms with Crippen LogP contribution in [0.5, 0.6) is 11.8 Å². The van der Waals surface area contributed by atoms with E-state index in [-0.39, 0.29) is 72.3 Å². The molecular weight excluding hydrogens is 721 g/mol. The molecule has 2 saturated carbocycles. The van der Waals surface area contributed by atoms with Gasteiger partial charge in [0.05, 0.1) is 40.6 Å². The summed E-state index contributed by atoms with van der Waals surface area (Å²) in [6, 6.07) is 6.44. The molecule has 1 aromatic carbocycles. The highest BCUT2D eigenvalue weighted by molar-refractivity contribution is 7.91. The summed E-state index contributed by atoms with van der Waals surface area (Å²) in [7, 11) is -2.43. The van der Waals surface area contributed by atoms with Gasteiger partial charge >= 0.3 is 0 Å². The predicted molar refractivity (Wildman–Crippen MR) is 209 cm³/mol. The first-order valence-corrected chi connectivity index (χ1v) is 21.4. The quantitative estimate of drug-likeness (QED) is 0.269. The van der Waals surface area contributed by atoms with E-state index in [1.165, 1.54) is 7.11 Å². The summed E-state index contributed by atoms with van der Waals surface area (Å²) < 4.78 is 39.8. The molecule has 4 aliphatic rings. The van der Waals surface area contributed by atoms with Gasteiger partial charge in [-0.05, 0) is 80.8 Å². The average Bonchev–Trinajstić information content (AvgIpc) is 4.00. The fourth-order valence-corrected chi connectivity index (χ4v) is 10.0. The minimum atomic E-state index is -3.94. The zero-order valence-electron chi connectivity index (χ0n) is 33.4. The lowest BCUT2D eigenvalue weighted by Gasteiger charge is -2.33. The fourth-order valence-electron chi connectivity index (χ4n) is 8.70. The van der Waals surface area contributed by atoms with Crippen LogP contribution in [0.1, 0.15) is 112 Å². The summed E-state index contributed by atoms with van der Waals surface area (Å²) in [5, 5.41) is 9.87. The fraction of sp³-hybridized carbons (Fsp3) is 0.667. The van der Waals surface area contributed by atoms with E-state index in [1.807, 2.05) is 57.2 Å². The van der Waals surface area contributed by atoms with Crippen molar-refractivity contribution in [1.82, 2.24) is 19.8 Å². The van der Waals surface area contributed by atoms with Crippen LogP contribution in [0.3, 0.4) is 0 Å². The zero-order valence-corrected chi connectivity index (χ0v) is 34.2. The minimum Gasteiger partial charge on any atom is -0.479 e. The van der Waals surface area contributed by atoms with Crippen LogP contribution < -0.4 is 14.2 Å². The molecule has 0 unspecified atom stereocenters. The first-order chi connectivity index (χ1) is 25.9. The molecule has 0 bridgehead atoms. The second-order valence-corrected chi connectivity index (χ2v) is 20.3. The minimum absolute atomic E-state index is 0.00895. The van der Waals surface area contributed by atoms with Gasteiger partial charge in [0.25, 0.3) is 0 Å². The number of amides is 2. The van der Waals surface area contributed by atoms with Crippen molar-refractivity contribution in [2.24, 2.45) is 34.5 Å². The number of Topliss-reactive ketones (excluding diaryl/α,β-unsaturated/α-hetero) is 2. The van der Waals surface area contributed by atoms with Crippen molar-refractivity contribution in [2.75, 3.05) is 13.7 Å². The van der Waals surface area contributed by atoms with Crippen LogP contribution in [0.25, 0.3) is 10.8 Å². The van der Waals surface area contributed by atoms with E-state index in [0.717, 1.165) is 19.3 Å². The second-order valence-electron chi connectivity index (χ2n) is 18.1.